The van der Waals surface area contributed by atoms with Crippen LogP contribution in [0, 0.1) is 11.2 Å². The Bertz CT molecular complexity index is 756. The number of carbonyl (C=O) groups excluding carboxylic acids is 1. The van der Waals surface area contributed by atoms with E-state index in [0.29, 0.717) is 19.7 Å². The molecule has 0 saturated carbocycles. The minimum Gasteiger partial charge on any atom is -0.491 e. The fraction of sp³-hybridized carbons (Fsp3) is 0.176. The Labute approximate surface area is 133 Å². The van der Waals surface area contributed by atoms with E-state index >= 15 is 0 Å². The van der Waals surface area contributed by atoms with Crippen LogP contribution in [0.1, 0.15) is 11.1 Å². The third-order valence-electron chi connectivity index (χ3n) is 3.75. The van der Waals surface area contributed by atoms with Gasteiger partial charge in [0.05, 0.1) is 12.1 Å². The molecule has 1 aliphatic rings. The third kappa shape index (κ3) is 2.88. The molecular formula is C17H16FN3O2. The van der Waals surface area contributed by atoms with Gasteiger partial charge < -0.3 is 15.4 Å². The lowest BCUT2D eigenvalue weighted by Crippen LogP contribution is -2.38. The van der Waals surface area contributed by atoms with Gasteiger partial charge in [0.25, 0.3) is 5.91 Å². The Hall–Kier alpha value is -2.89. The van der Waals surface area contributed by atoms with E-state index in [1.807, 2.05) is 24.3 Å². The summed E-state index contributed by atoms with van der Waals surface area (Å²) in [5.41, 5.74) is 6.05. The molecule has 3 N–H and O–H groups in total. The Morgan fingerprint density at radius 2 is 2.00 bits per heavy atom. The van der Waals surface area contributed by atoms with Gasteiger partial charge in [-0.2, -0.15) is 0 Å². The summed E-state index contributed by atoms with van der Waals surface area (Å²) in [6.45, 7) is 0.957. The van der Waals surface area contributed by atoms with Crippen molar-refractivity contribution >= 4 is 17.3 Å². The fourth-order valence-electron chi connectivity index (χ4n) is 2.57. The normalized spacial score (nSPS) is 13.7. The van der Waals surface area contributed by atoms with Gasteiger partial charge in [-0.15, -0.1) is 0 Å². The third-order valence-corrected chi connectivity index (χ3v) is 3.75. The lowest BCUT2D eigenvalue weighted by molar-refractivity contribution is -0.124. The topological polar surface area (TPSA) is 79.4 Å². The molecule has 0 radical (unpaired) electrons. The maximum Gasteiger partial charge on any atom is 0.272 e. The van der Waals surface area contributed by atoms with E-state index in [0.717, 1.165) is 11.3 Å². The molecule has 23 heavy (non-hydrogen) atoms. The van der Waals surface area contributed by atoms with Crippen LogP contribution in [0.3, 0.4) is 0 Å². The summed E-state index contributed by atoms with van der Waals surface area (Å²) in [5.74, 6) is -0.517. The van der Waals surface area contributed by atoms with Crippen LogP contribution in [-0.2, 0) is 11.3 Å². The van der Waals surface area contributed by atoms with Gasteiger partial charge in [-0.05, 0) is 18.2 Å². The zero-order valence-corrected chi connectivity index (χ0v) is 12.4. The summed E-state index contributed by atoms with van der Waals surface area (Å²) in [6.07, 6.45) is 0. The van der Waals surface area contributed by atoms with Gasteiger partial charge in [0, 0.05) is 17.8 Å². The van der Waals surface area contributed by atoms with Crippen LogP contribution < -0.4 is 10.5 Å². The first-order valence-corrected chi connectivity index (χ1v) is 7.21. The Kier molecular flexibility index (Phi) is 3.97. The van der Waals surface area contributed by atoms with Crippen molar-refractivity contribution in [3.05, 3.63) is 59.4 Å². The standard InChI is InChI=1S/C17H16FN3O2/c18-12-5-3-6-13(19)15(12)16(20)17(22)21-8-9-23-14-7-2-1-4-11(14)10-21/h1-7,20H,8-10,19H2. The number of rotatable bonds is 2. The van der Waals surface area contributed by atoms with E-state index < -0.39 is 17.4 Å². The predicted molar refractivity (Wildman–Crippen MR) is 85.0 cm³/mol. The Balaban J connectivity index is 1.87. The van der Waals surface area contributed by atoms with Gasteiger partial charge in [-0.1, -0.05) is 24.3 Å². The van der Waals surface area contributed by atoms with E-state index in [-0.39, 0.29) is 11.3 Å². The maximum atomic E-state index is 13.9. The number of hydrogen-bond acceptors (Lipinski definition) is 4. The molecule has 0 bridgehead atoms. The van der Waals surface area contributed by atoms with Crippen LogP contribution >= 0.6 is 0 Å². The number of anilines is 1. The van der Waals surface area contributed by atoms with Gasteiger partial charge in [-0.3, -0.25) is 10.2 Å². The molecule has 0 atom stereocenters. The highest BCUT2D eigenvalue weighted by Gasteiger charge is 2.26. The number of fused-ring (bicyclic) bond motifs is 1. The second-order valence-corrected chi connectivity index (χ2v) is 5.26. The molecule has 0 spiro atoms. The monoisotopic (exact) mass is 313 g/mol. The molecule has 0 aliphatic carbocycles. The number of hydrogen-bond donors (Lipinski definition) is 2. The van der Waals surface area contributed by atoms with Crippen LogP contribution in [0.2, 0.25) is 0 Å². The van der Waals surface area contributed by atoms with Gasteiger partial charge in [0.15, 0.2) is 0 Å². The van der Waals surface area contributed by atoms with Crippen molar-refractivity contribution in [1.82, 2.24) is 4.90 Å². The number of nitrogens with two attached hydrogens (primary N) is 1. The molecule has 0 fully saturated rings. The average molecular weight is 313 g/mol. The molecule has 0 unspecified atom stereocenters. The Morgan fingerprint density at radius 1 is 1.22 bits per heavy atom. The second-order valence-electron chi connectivity index (χ2n) is 5.26. The van der Waals surface area contributed by atoms with Gasteiger partial charge in [0.1, 0.15) is 23.9 Å². The molecule has 1 amide bonds. The van der Waals surface area contributed by atoms with Crippen LogP contribution in [0.5, 0.6) is 5.75 Å². The van der Waals surface area contributed by atoms with Crippen molar-refractivity contribution in [2.45, 2.75) is 6.54 Å². The molecule has 2 aromatic rings. The minimum atomic E-state index is -0.671. The number of amides is 1. The highest BCUT2D eigenvalue weighted by molar-refractivity contribution is 6.45. The van der Waals surface area contributed by atoms with E-state index in [2.05, 4.69) is 0 Å². The molecule has 3 rings (SSSR count). The van der Waals surface area contributed by atoms with Crippen LogP contribution in [0.4, 0.5) is 10.1 Å². The molecule has 0 saturated heterocycles. The number of carbonyl (C=O) groups is 1. The molecule has 6 heteroatoms. The van der Waals surface area contributed by atoms with E-state index in [1.165, 1.54) is 23.1 Å². The van der Waals surface area contributed by atoms with Gasteiger partial charge in [0.2, 0.25) is 0 Å². The first-order chi connectivity index (χ1) is 11.1. The SMILES string of the molecule is N=C(C(=O)N1CCOc2ccccc2C1)c1c(N)cccc1F. The number of nitrogen functional groups attached to an aromatic ring is 1. The number of halogens is 1. The first-order valence-electron chi connectivity index (χ1n) is 7.21. The molecule has 1 heterocycles. The second kappa shape index (κ2) is 6.08. The molecular weight excluding hydrogens is 297 g/mol. The number of benzene rings is 2. The quantitative estimate of drug-likeness (QED) is 0.659. The summed E-state index contributed by atoms with van der Waals surface area (Å²) in [5, 5.41) is 8.06. The van der Waals surface area contributed by atoms with Gasteiger partial charge >= 0.3 is 0 Å². The Morgan fingerprint density at radius 3 is 2.78 bits per heavy atom. The molecule has 118 valence electrons. The first kappa shape index (κ1) is 15.0. The fourth-order valence-corrected chi connectivity index (χ4v) is 2.57. The zero-order valence-electron chi connectivity index (χ0n) is 12.4. The smallest absolute Gasteiger partial charge is 0.272 e. The average Bonchev–Trinajstić information content (AvgIpc) is 2.76. The van der Waals surface area contributed by atoms with Crippen molar-refractivity contribution in [2.75, 3.05) is 18.9 Å². The van der Waals surface area contributed by atoms with Crippen molar-refractivity contribution < 1.29 is 13.9 Å². The summed E-state index contributed by atoms with van der Waals surface area (Å²) < 4.78 is 19.5. The van der Waals surface area contributed by atoms with E-state index in [4.69, 9.17) is 15.9 Å². The molecule has 2 aromatic carbocycles. The van der Waals surface area contributed by atoms with Crippen molar-refractivity contribution in [3.8, 4) is 5.75 Å². The molecule has 1 aliphatic heterocycles. The maximum absolute atomic E-state index is 13.9. The highest BCUT2D eigenvalue weighted by Crippen LogP contribution is 2.24. The number of ether oxygens (including phenoxy) is 1. The van der Waals surface area contributed by atoms with Crippen LogP contribution in [0.25, 0.3) is 0 Å². The van der Waals surface area contributed by atoms with Crippen molar-refractivity contribution in [1.29, 1.82) is 5.41 Å². The van der Waals surface area contributed by atoms with Crippen molar-refractivity contribution in [3.63, 3.8) is 0 Å². The van der Waals surface area contributed by atoms with Crippen LogP contribution in [0.15, 0.2) is 42.5 Å². The van der Waals surface area contributed by atoms with Crippen LogP contribution in [-0.4, -0.2) is 29.7 Å². The zero-order chi connectivity index (χ0) is 16.4. The summed E-state index contributed by atoms with van der Waals surface area (Å²) in [6, 6.07) is 11.5. The van der Waals surface area contributed by atoms with E-state index in [1.54, 1.807) is 0 Å². The number of nitrogens with one attached hydrogen (secondary N) is 1. The van der Waals surface area contributed by atoms with Crippen molar-refractivity contribution in [2.24, 2.45) is 0 Å². The van der Waals surface area contributed by atoms with E-state index in [9.17, 15) is 9.18 Å². The highest BCUT2D eigenvalue weighted by atomic mass is 19.1. The largest absolute Gasteiger partial charge is 0.491 e. The minimum absolute atomic E-state index is 0.0785. The predicted octanol–water partition coefficient (Wildman–Crippen LogP) is 2.20. The lowest BCUT2D eigenvalue weighted by atomic mass is 10.1. The number of nitrogens with zero attached hydrogens (tertiary/aromatic N) is 1. The number of para-hydroxylation sites is 1. The molecule has 5 nitrogen and oxygen atoms in total. The summed E-state index contributed by atoms with van der Waals surface area (Å²) in [7, 11) is 0. The van der Waals surface area contributed by atoms with Gasteiger partial charge in [-0.25, -0.2) is 4.39 Å². The summed E-state index contributed by atoms with van der Waals surface area (Å²) >= 11 is 0. The molecule has 0 aromatic heterocycles. The summed E-state index contributed by atoms with van der Waals surface area (Å²) in [4.78, 5) is 14.1. The lowest BCUT2D eigenvalue weighted by Gasteiger charge is -2.20.